The maximum atomic E-state index is 12.1. The highest BCUT2D eigenvalue weighted by molar-refractivity contribution is 7.17. The molecule has 8 nitrogen and oxygen atoms in total. The molecule has 2 aromatic rings. The zero-order valence-electron chi connectivity index (χ0n) is 15.5. The van der Waals surface area contributed by atoms with E-state index < -0.39 is 29.0 Å². The van der Waals surface area contributed by atoms with Gasteiger partial charge in [-0.2, -0.15) is 0 Å². The fraction of sp³-hybridized carbons (Fsp3) is 0.333. The Labute approximate surface area is 170 Å². The van der Waals surface area contributed by atoms with Crippen LogP contribution in [0, 0.1) is 10.1 Å². The first kappa shape index (κ1) is 21.6. The molecule has 0 aliphatic rings. The van der Waals surface area contributed by atoms with Crippen molar-refractivity contribution in [2.24, 2.45) is 0 Å². The van der Waals surface area contributed by atoms with Gasteiger partial charge in [-0.25, -0.2) is 4.79 Å². The quantitative estimate of drug-likeness (QED) is 0.408. The molecule has 0 saturated carbocycles. The molecule has 0 fully saturated rings. The van der Waals surface area contributed by atoms with E-state index in [0.717, 1.165) is 11.3 Å². The molecule has 0 spiro atoms. The lowest BCUT2D eigenvalue weighted by Crippen LogP contribution is -2.27. The molecule has 0 saturated heterocycles. The molecular weight excluding hydrogens is 408 g/mol. The summed E-state index contributed by atoms with van der Waals surface area (Å²) in [7, 11) is 0. The van der Waals surface area contributed by atoms with Crippen molar-refractivity contribution < 1.29 is 24.0 Å². The number of ether oxygens (including phenoxy) is 2. The van der Waals surface area contributed by atoms with E-state index in [2.05, 4.69) is 5.32 Å². The smallest absolute Gasteiger partial charge is 0.344 e. The standard InChI is InChI=1S/C18H19ClN2O6S/c1-18(2,3)27-15(22)10-26-12-6-4-5-11(16(12)21(24)25)9-20-17(23)13-7-8-14(19)28-13/h4-8H,9-10H2,1-3H3,(H,20,23). The largest absolute Gasteiger partial charge is 0.475 e. The van der Waals surface area contributed by atoms with Crippen molar-refractivity contribution in [2.45, 2.75) is 32.9 Å². The summed E-state index contributed by atoms with van der Waals surface area (Å²) < 4.78 is 10.9. The molecule has 1 aromatic heterocycles. The lowest BCUT2D eigenvalue weighted by atomic mass is 10.1. The number of nitro groups is 1. The summed E-state index contributed by atoms with van der Waals surface area (Å²) in [4.78, 5) is 35.2. The average molecular weight is 427 g/mol. The molecule has 0 unspecified atom stereocenters. The molecule has 10 heteroatoms. The van der Waals surface area contributed by atoms with Crippen LogP contribution in [0.3, 0.4) is 0 Å². The second kappa shape index (κ2) is 9.03. The van der Waals surface area contributed by atoms with Crippen LogP contribution < -0.4 is 10.1 Å². The Hall–Kier alpha value is -2.65. The molecule has 0 atom stereocenters. The Morgan fingerprint density at radius 2 is 1.96 bits per heavy atom. The van der Waals surface area contributed by atoms with Gasteiger partial charge >= 0.3 is 11.7 Å². The lowest BCUT2D eigenvalue weighted by Gasteiger charge is -2.19. The van der Waals surface area contributed by atoms with E-state index in [1.165, 1.54) is 12.1 Å². The summed E-state index contributed by atoms with van der Waals surface area (Å²) in [6.45, 7) is 4.56. The van der Waals surface area contributed by atoms with Crippen molar-refractivity contribution in [3.63, 3.8) is 0 Å². The van der Waals surface area contributed by atoms with E-state index in [0.29, 0.717) is 9.21 Å². The van der Waals surface area contributed by atoms with Crippen molar-refractivity contribution >= 4 is 40.5 Å². The Morgan fingerprint density at radius 1 is 1.25 bits per heavy atom. The number of rotatable bonds is 7. The van der Waals surface area contributed by atoms with Crippen molar-refractivity contribution in [3.05, 3.63) is 55.2 Å². The Balaban J connectivity index is 2.10. The van der Waals surface area contributed by atoms with Gasteiger partial charge in [0, 0.05) is 0 Å². The van der Waals surface area contributed by atoms with Gasteiger partial charge in [0.2, 0.25) is 0 Å². The van der Waals surface area contributed by atoms with Gasteiger partial charge in [-0.1, -0.05) is 23.7 Å². The number of carbonyl (C=O) groups excluding carboxylic acids is 2. The second-order valence-corrected chi connectivity index (χ2v) is 8.40. The van der Waals surface area contributed by atoms with Gasteiger partial charge in [-0.15, -0.1) is 11.3 Å². The van der Waals surface area contributed by atoms with Gasteiger partial charge < -0.3 is 14.8 Å². The number of esters is 1. The van der Waals surface area contributed by atoms with Crippen LogP contribution in [0.4, 0.5) is 5.69 Å². The number of halogens is 1. The highest BCUT2D eigenvalue weighted by Crippen LogP contribution is 2.31. The monoisotopic (exact) mass is 426 g/mol. The van der Waals surface area contributed by atoms with E-state index in [4.69, 9.17) is 21.1 Å². The van der Waals surface area contributed by atoms with Crippen molar-refractivity contribution in [3.8, 4) is 5.75 Å². The van der Waals surface area contributed by atoms with Gasteiger partial charge in [-0.05, 0) is 39.0 Å². The number of nitro benzene ring substituents is 1. The predicted octanol–water partition coefficient (Wildman–Crippen LogP) is 3.96. The number of hydrogen-bond acceptors (Lipinski definition) is 7. The molecule has 28 heavy (non-hydrogen) atoms. The third kappa shape index (κ3) is 6.21. The third-order valence-corrected chi connectivity index (χ3v) is 4.50. The molecule has 0 radical (unpaired) electrons. The molecule has 0 bridgehead atoms. The number of benzene rings is 1. The van der Waals surface area contributed by atoms with Gasteiger partial charge in [0.15, 0.2) is 12.4 Å². The summed E-state index contributed by atoms with van der Waals surface area (Å²) in [5, 5.41) is 14.1. The topological polar surface area (TPSA) is 108 Å². The maximum Gasteiger partial charge on any atom is 0.344 e. The van der Waals surface area contributed by atoms with Crippen molar-refractivity contribution in [2.75, 3.05) is 6.61 Å². The van der Waals surface area contributed by atoms with Crippen LogP contribution in [-0.4, -0.2) is 29.0 Å². The molecule has 0 aliphatic carbocycles. The van der Waals surface area contributed by atoms with E-state index in [1.54, 1.807) is 39.0 Å². The Morgan fingerprint density at radius 3 is 2.54 bits per heavy atom. The minimum Gasteiger partial charge on any atom is -0.475 e. The highest BCUT2D eigenvalue weighted by Gasteiger charge is 2.23. The number of nitrogens with zero attached hydrogens (tertiary/aromatic N) is 1. The van der Waals surface area contributed by atoms with Gasteiger partial charge in [0.05, 0.1) is 26.2 Å². The van der Waals surface area contributed by atoms with Crippen LogP contribution in [0.25, 0.3) is 0 Å². The number of thiophene rings is 1. The van der Waals surface area contributed by atoms with Gasteiger partial charge in [0.25, 0.3) is 5.91 Å². The number of carbonyl (C=O) groups is 2. The first-order valence-electron chi connectivity index (χ1n) is 8.21. The molecular formula is C18H19ClN2O6S. The van der Waals surface area contributed by atoms with Crippen molar-refractivity contribution in [1.82, 2.24) is 5.32 Å². The van der Waals surface area contributed by atoms with Crippen molar-refractivity contribution in [1.29, 1.82) is 0 Å². The maximum absolute atomic E-state index is 12.1. The van der Waals surface area contributed by atoms with E-state index >= 15 is 0 Å². The third-order valence-electron chi connectivity index (χ3n) is 3.27. The van der Waals surface area contributed by atoms with Gasteiger partial charge in [0.1, 0.15) is 5.60 Å². The Kier molecular flexibility index (Phi) is 6.98. The SMILES string of the molecule is CC(C)(C)OC(=O)COc1cccc(CNC(=O)c2ccc(Cl)s2)c1[N+](=O)[O-]. The summed E-state index contributed by atoms with van der Waals surface area (Å²) in [6.07, 6.45) is 0. The van der Waals surface area contributed by atoms with Crippen LogP contribution in [-0.2, 0) is 16.1 Å². The number of nitrogens with one attached hydrogen (secondary N) is 1. The molecule has 2 rings (SSSR count). The van der Waals surface area contributed by atoms with Crippen LogP contribution in [0.2, 0.25) is 4.34 Å². The number of para-hydroxylation sites is 1. The minimum atomic E-state index is -0.691. The van der Waals surface area contributed by atoms with E-state index in [1.807, 2.05) is 0 Å². The lowest BCUT2D eigenvalue weighted by molar-refractivity contribution is -0.386. The number of hydrogen-bond donors (Lipinski definition) is 1. The second-order valence-electron chi connectivity index (χ2n) is 6.68. The minimum absolute atomic E-state index is 0.0817. The fourth-order valence-corrected chi connectivity index (χ4v) is 3.20. The first-order valence-corrected chi connectivity index (χ1v) is 9.41. The van der Waals surface area contributed by atoms with Gasteiger partial charge in [-0.3, -0.25) is 14.9 Å². The first-order chi connectivity index (χ1) is 13.1. The zero-order chi connectivity index (χ0) is 20.9. The summed E-state index contributed by atoms with van der Waals surface area (Å²) in [6, 6.07) is 7.58. The summed E-state index contributed by atoms with van der Waals surface area (Å²) in [5.41, 5.74) is -0.776. The molecule has 1 aromatic carbocycles. The molecule has 150 valence electrons. The molecule has 1 amide bonds. The Bertz CT molecular complexity index is 890. The van der Waals surface area contributed by atoms with E-state index in [9.17, 15) is 19.7 Å². The highest BCUT2D eigenvalue weighted by atomic mass is 35.5. The van der Waals surface area contributed by atoms with Crippen LogP contribution in [0.1, 0.15) is 36.0 Å². The van der Waals surface area contributed by atoms with Crippen LogP contribution >= 0.6 is 22.9 Å². The predicted molar refractivity (Wildman–Crippen MR) is 105 cm³/mol. The summed E-state index contributed by atoms with van der Waals surface area (Å²) in [5.74, 6) is -1.12. The molecule has 0 aliphatic heterocycles. The summed E-state index contributed by atoms with van der Waals surface area (Å²) >= 11 is 6.91. The zero-order valence-corrected chi connectivity index (χ0v) is 17.1. The normalized spacial score (nSPS) is 11.0. The van der Waals surface area contributed by atoms with Crippen LogP contribution in [0.5, 0.6) is 5.75 Å². The fourth-order valence-electron chi connectivity index (χ4n) is 2.24. The average Bonchev–Trinajstić information content (AvgIpc) is 3.02. The molecule has 1 N–H and O–H groups in total. The van der Waals surface area contributed by atoms with Crippen LogP contribution in [0.15, 0.2) is 30.3 Å². The van der Waals surface area contributed by atoms with E-state index in [-0.39, 0.29) is 23.5 Å². The number of amides is 1. The molecule has 1 heterocycles.